The number of para-hydroxylation sites is 2. The number of carboxylic acid groups (broad SMARTS) is 1. The van der Waals surface area contributed by atoms with E-state index < -0.39 is 11.9 Å². The number of hydrogen-bond acceptors (Lipinski definition) is 5. The Labute approximate surface area is 178 Å². The molecule has 0 saturated heterocycles. The van der Waals surface area contributed by atoms with Crippen LogP contribution in [-0.2, 0) is 11.2 Å². The summed E-state index contributed by atoms with van der Waals surface area (Å²) in [6.07, 6.45) is 6.93. The normalized spacial score (nSPS) is 10.1. The van der Waals surface area contributed by atoms with Gasteiger partial charge in [-0.3, -0.25) is 0 Å². The van der Waals surface area contributed by atoms with Gasteiger partial charge in [0.15, 0.2) is 0 Å². The fourth-order valence-electron chi connectivity index (χ4n) is 2.77. The number of aromatic hydroxyl groups is 2. The van der Waals surface area contributed by atoms with Gasteiger partial charge in [0.05, 0.1) is 6.61 Å². The number of ether oxygens (including phenoxy) is 1. The number of carbonyl (C=O) groups excluding carboxylic acids is 1. The highest BCUT2D eigenvalue weighted by Crippen LogP contribution is 2.24. The van der Waals surface area contributed by atoms with Gasteiger partial charge in [-0.1, -0.05) is 63.8 Å². The molecule has 0 aliphatic heterocycles. The van der Waals surface area contributed by atoms with Crippen molar-refractivity contribution in [3.63, 3.8) is 0 Å². The van der Waals surface area contributed by atoms with Crippen molar-refractivity contribution in [2.45, 2.75) is 58.8 Å². The molecule has 164 valence electrons. The second-order valence-corrected chi connectivity index (χ2v) is 6.94. The Morgan fingerprint density at radius 1 is 0.833 bits per heavy atom. The predicted octanol–water partition coefficient (Wildman–Crippen LogP) is 5.56. The number of aryl methyl sites for hydroxylation is 1. The molecule has 0 aliphatic rings. The van der Waals surface area contributed by atoms with Gasteiger partial charge in [-0.05, 0) is 43.0 Å². The van der Waals surface area contributed by atoms with E-state index in [1.165, 1.54) is 12.1 Å². The van der Waals surface area contributed by atoms with Crippen LogP contribution in [0.15, 0.2) is 42.5 Å². The van der Waals surface area contributed by atoms with E-state index in [0.29, 0.717) is 6.61 Å². The van der Waals surface area contributed by atoms with Crippen LogP contribution in [0.2, 0.25) is 0 Å². The number of carbonyl (C=O) groups is 2. The van der Waals surface area contributed by atoms with E-state index in [1.807, 2.05) is 0 Å². The number of carboxylic acids is 1. The standard InChI is InChI=1S/2C12H16O3/c1-2-3-6-9-15-12(14)10-7-4-5-8-11(10)13;1-2-3-4-6-9-7-5-8-10(11(9)13)12(14)15/h4-5,7-8,13H,2-3,6,9H2,1H3;5,7-8,13H,2-4,6H2,1H3,(H,14,15). The van der Waals surface area contributed by atoms with Gasteiger partial charge in [-0.15, -0.1) is 0 Å². The van der Waals surface area contributed by atoms with Crippen LogP contribution in [0.4, 0.5) is 0 Å². The summed E-state index contributed by atoms with van der Waals surface area (Å²) in [5.41, 5.74) is 0.946. The van der Waals surface area contributed by atoms with E-state index in [1.54, 1.807) is 30.3 Å². The highest BCUT2D eigenvalue weighted by Gasteiger charge is 2.12. The molecule has 0 fully saturated rings. The smallest absolute Gasteiger partial charge is 0.341 e. The lowest BCUT2D eigenvalue weighted by Gasteiger charge is -2.06. The number of esters is 1. The predicted molar refractivity (Wildman–Crippen MR) is 116 cm³/mol. The third-order valence-corrected chi connectivity index (χ3v) is 4.50. The maximum atomic E-state index is 11.4. The van der Waals surface area contributed by atoms with Crippen LogP contribution in [-0.4, -0.2) is 33.9 Å². The molecule has 2 aromatic carbocycles. The maximum Gasteiger partial charge on any atom is 0.341 e. The first-order valence-electron chi connectivity index (χ1n) is 10.4. The van der Waals surface area contributed by atoms with Gasteiger partial charge >= 0.3 is 11.9 Å². The summed E-state index contributed by atoms with van der Waals surface area (Å²) in [5.74, 6) is -1.65. The van der Waals surface area contributed by atoms with Gasteiger partial charge in [0.2, 0.25) is 0 Å². The average molecular weight is 417 g/mol. The third kappa shape index (κ3) is 8.55. The van der Waals surface area contributed by atoms with Gasteiger partial charge in [-0.2, -0.15) is 0 Å². The van der Waals surface area contributed by atoms with Crippen LogP contribution in [0.5, 0.6) is 11.5 Å². The number of benzene rings is 2. The summed E-state index contributed by atoms with van der Waals surface area (Å²) >= 11 is 0. The number of phenolic OH excluding ortho intramolecular Hbond substituents is 1. The highest BCUT2D eigenvalue weighted by atomic mass is 16.5. The largest absolute Gasteiger partial charge is 0.507 e. The molecule has 0 amide bonds. The monoisotopic (exact) mass is 416 g/mol. The van der Waals surface area contributed by atoms with E-state index in [0.717, 1.165) is 50.5 Å². The summed E-state index contributed by atoms with van der Waals surface area (Å²) in [7, 11) is 0. The molecule has 6 nitrogen and oxygen atoms in total. The van der Waals surface area contributed by atoms with Crippen LogP contribution >= 0.6 is 0 Å². The Kier molecular flexibility index (Phi) is 11.7. The molecular weight excluding hydrogens is 384 g/mol. The average Bonchev–Trinajstić information content (AvgIpc) is 2.73. The fraction of sp³-hybridized carbons (Fsp3) is 0.417. The summed E-state index contributed by atoms with van der Waals surface area (Å²) < 4.78 is 5.01. The van der Waals surface area contributed by atoms with Gasteiger partial charge in [0.1, 0.15) is 22.6 Å². The van der Waals surface area contributed by atoms with Crippen molar-refractivity contribution >= 4 is 11.9 Å². The van der Waals surface area contributed by atoms with E-state index >= 15 is 0 Å². The molecule has 2 rings (SSSR count). The minimum Gasteiger partial charge on any atom is -0.507 e. The Morgan fingerprint density at radius 2 is 1.47 bits per heavy atom. The number of rotatable bonds is 10. The number of unbranched alkanes of at least 4 members (excludes halogenated alkanes) is 4. The molecule has 30 heavy (non-hydrogen) atoms. The van der Waals surface area contributed by atoms with Gasteiger partial charge in [-0.25, -0.2) is 9.59 Å². The molecule has 0 spiro atoms. The molecule has 2 aromatic rings. The van der Waals surface area contributed by atoms with Crippen molar-refractivity contribution in [3.8, 4) is 11.5 Å². The Bertz CT molecular complexity index is 800. The quantitative estimate of drug-likeness (QED) is 0.346. The zero-order valence-corrected chi connectivity index (χ0v) is 17.8. The number of aromatic carboxylic acids is 1. The molecule has 6 heteroatoms. The van der Waals surface area contributed by atoms with Crippen molar-refractivity contribution in [3.05, 3.63) is 59.2 Å². The van der Waals surface area contributed by atoms with Crippen LogP contribution in [0.3, 0.4) is 0 Å². The van der Waals surface area contributed by atoms with Crippen LogP contribution in [0, 0.1) is 0 Å². The molecule has 0 bridgehead atoms. The van der Waals surface area contributed by atoms with Crippen molar-refractivity contribution < 1.29 is 29.6 Å². The SMILES string of the molecule is CCCCCOC(=O)c1ccccc1O.CCCCCc1cccc(C(=O)O)c1O. The molecule has 0 atom stereocenters. The van der Waals surface area contributed by atoms with E-state index in [2.05, 4.69) is 13.8 Å². The minimum atomic E-state index is -1.08. The second-order valence-electron chi connectivity index (χ2n) is 6.94. The topological polar surface area (TPSA) is 104 Å². The van der Waals surface area contributed by atoms with Crippen LogP contribution in [0.25, 0.3) is 0 Å². The third-order valence-electron chi connectivity index (χ3n) is 4.50. The van der Waals surface area contributed by atoms with Crippen LogP contribution < -0.4 is 0 Å². The summed E-state index contributed by atoms with van der Waals surface area (Å²) in [6, 6.07) is 11.3. The zero-order chi connectivity index (χ0) is 22.4. The number of hydrogen-bond donors (Lipinski definition) is 3. The van der Waals surface area contributed by atoms with E-state index in [4.69, 9.17) is 9.84 Å². The molecule has 0 unspecified atom stereocenters. The van der Waals surface area contributed by atoms with Gasteiger partial charge in [0.25, 0.3) is 0 Å². The molecule has 3 N–H and O–H groups in total. The first-order valence-corrected chi connectivity index (χ1v) is 10.4. The maximum absolute atomic E-state index is 11.4. The first-order chi connectivity index (χ1) is 14.4. The highest BCUT2D eigenvalue weighted by molar-refractivity contribution is 5.92. The second kappa shape index (κ2) is 14.0. The Balaban J connectivity index is 0.000000300. The number of phenols is 2. The molecule has 0 heterocycles. The lowest BCUT2D eigenvalue weighted by atomic mass is 10.0. The molecular formula is C24H32O6. The van der Waals surface area contributed by atoms with Crippen molar-refractivity contribution in [1.82, 2.24) is 0 Å². The van der Waals surface area contributed by atoms with Crippen molar-refractivity contribution in [2.75, 3.05) is 6.61 Å². The molecule has 0 radical (unpaired) electrons. The Morgan fingerprint density at radius 3 is 2.10 bits per heavy atom. The first kappa shape index (κ1) is 25.0. The Hall–Kier alpha value is -3.02. The van der Waals surface area contributed by atoms with Gasteiger partial charge in [0, 0.05) is 0 Å². The zero-order valence-electron chi connectivity index (χ0n) is 17.8. The van der Waals surface area contributed by atoms with E-state index in [-0.39, 0.29) is 22.6 Å². The summed E-state index contributed by atoms with van der Waals surface area (Å²) in [6.45, 7) is 4.61. The van der Waals surface area contributed by atoms with Crippen molar-refractivity contribution in [2.24, 2.45) is 0 Å². The van der Waals surface area contributed by atoms with Gasteiger partial charge < -0.3 is 20.1 Å². The molecule has 0 aliphatic carbocycles. The summed E-state index contributed by atoms with van der Waals surface area (Å²) in [5, 5.41) is 27.9. The lowest BCUT2D eigenvalue weighted by molar-refractivity contribution is 0.0494. The van der Waals surface area contributed by atoms with Crippen molar-refractivity contribution in [1.29, 1.82) is 0 Å². The fourth-order valence-corrected chi connectivity index (χ4v) is 2.77. The molecule has 0 saturated carbocycles. The lowest BCUT2D eigenvalue weighted by Crippen LogP contribution is -2.06. The molecule has 0 aromatic heterocycles. The van der Waals surface area contributed by atoms with Crippen LogP contribution in [0.1, 0.15) is 78.7 Å². The minimum absolute atomic E-state index is 0.0102. The van der Waals surface area contributed by atoms with E-state index in [9.17, 15) is 19.8 Å². The summed E-state index contributed by atoms with van der Waals surface area (Å²) in [4.78, 5) is 22.2.